The van der Waals surface area contributed by atoms with Crippen LogP contribution in [0.25, 0.3) is 0 Å². The lowest BCUT2D eigenvalue weighted by Gasteiger charge is -2.09. The number of hydrogen-bond acceptors (Lipinski definition) is 3. The van der Waals surface area contributed by atoms with Crippen molar-refractivity contribution in [3.63, 3.8) is 0 Å². The molecule has 1 fully saturated rings. The Balaban J connectivity index is 1.90. The van der Waals surface area contributed by atoms with Crippen LogP contribution in [0, 0.1) is 16.7 Å². The molecule has 106 valence electrons. The summed E-state index contributed by atoms with van der Waals surface area (Å²) in [5.74, 6) is 1.79. The molecule has 0 spiro atoms. The second kappa shape index (κ2) is 4.71. The standard InChI is InChI=1S/C16H25NO2/c1-15(2)14(16(15,3)4)10-17-9-11-8-12(19-5)6-7-13(11)18/h6-8,14,17-18H,9-10H2,1-5H3. The van der Waals surface area contributed by atoms with E-state index < -0.39 is 0 Å². The molecular formula is C16H25NO2. The first-order valence-corrected chi connectivity index (χ1v) is 6.87. The average Bonchev–Trinajstić information content (AvgIpc) is 2.73. The third kappa shape index (κ3) is 2.44. The van der Waals surface area contributed by atoms with Crippen LogP contribution in [0.15, 0.2) is 18.2 Å². The highest BCUT2D eigenvalue weighted by Gasteiger charge is 2.63. The maximum Gasteiger partial charge on any atom is 0.120 e. The van der Waals surface area contributed by atoms with Crippen LogP contribution in [0.1, 0.15) is 33.3 Å². The molecule has 2 rings (SSSR count). The number of ether oxygens (including phenoxy) is 1. The van der Waals surface area contributed by atoms with Gasteiger partial charge in [-0.2, -0.15) is 0 Å². The van der Waals surface area contributed by atoms with E-state index in [0.717, 1.165) is 17.9 Å². The molecule has 0 radical (unpaired) electrons. The van der Waals surface area contributed by atoms with E-state index in [0.29, 0.717) is 29.0 Å². The van der Waals surface area contributed by atoms with E-state index in [-0.39, 0.29) is 0 Å². The number of methoxy groups -OCH3 is 1. The molecule has 0 unspecified atom stereocenters. The Morgan fingerprint density at radius 3 is 2.37 bits per heavy atom. The highest BCUT2D eigenvalue weighted by Crippen LogP contribution is 2.67. The number of hydrogen-bond donors (Lipinski definition) is 2. The molecule has 3 nitrogen and oxygen atoms in total. The first-order chi connectivity index (χ1) is 8.80. The van der Waals surface area contributed by atoms with Crippen molar-refractivity contribution in [1.82, 2.24) is 5.32 Å². The van der Waals surface area contributed by atoms with E-state index in [2.05, 4.69) is 33.0 Å². The van der Waals surface area contributed by atoms with Gasteiger partial charge in [0.25, 0.3) is 0 Å². The summed E-state index contributed by atoms with van der Waals surface area (Å²) in [5.41, 5.74) is 1.68. The quantitative estimate of drug-likeness (QED) is 0.857. The van der Waals surface area contributed by atoms with Crippen LogP contribution in [-0.4, -0.2) is 18.8 Å². The summed E-state index contributed by atoms with van der Waals surface area (Å²) in [6.45, 7) is 10.9. The minimum absolute atomic E-state index is 0.322. The van der Waals surface area contributed by atoms with Gasteiger partial charge in [-0.3, -0.25) is 0 Å². The Morgan fingerprint density at radius 2 is 1.84 bits per heavy atom. The van der Waals surface area contributed by atoms with Crippen LogP contribution in [0.4, 0.5) is 0 Å². The molecule has 19 heavy (non-hydrogen) atoms. The minimum Gasteiger partial charge on any atom is -0.508 e. The smallest absolute Gasteiger partial charge is 0.120 e. The van der Waals surface area contributed by atoms with Crippen LogP contribution < -0.4 is 10.1 Å². The number of rotatable bonds is 5. The van der Waals surface area contributed by atoms with Crippen LogP contribution in [0.5, 0.6) is 11.5 Å². The Labute approximate surface area is 116 Å². The van der Waals surface area contributed by atoms with E-state index in [1.165, 1.54) is 0 Å². The predicted molar refractivity (Wildman–Crippen MR) is 77.4 cm³/mol. The number of aromatic hydroxyl groups is 1. The normalized spacial score (nSPS) is 20.3. The maximum atomic E-state index is 9.82. The average molecular weight is 263 g/mol. The summed E-state index contributed by atoms with van der Waals surface area (Å²) in [4.78, 5) is 0. The van der Waals surface area contributed by atoms with Crippen molar-refractivity contribution in [3.8, 4) is 11.5 Å². The molecule has 1 aliphatic carbocycles. The van der Waals surface area contributed by atoms with Crippen LogP contribution in [0.2, 0.25) is 0 Å². The Morgan fingerprint density at radius 1 is 1.21 bits per heavy atom. The van der Waals surface area contributed by atoms with E-state index in [9.17, 15) is 5.11 Å². The first-order valence-electron chi connectivity index (χ1n) is 6.87. The Bertz CT molecular complexity index is 452. The number of benzene rings is 1. The van der Waals surface area contributed by atoms with Gasteiger partial charge in [-0.25, -0.2) is 0 Å². The fraction of sp³-hybridized carbons (Fsp3) is 0.625. The summed E-state index contributed by atoms with van der Waals surface area (Å²) in [5, 5.41) is 13.3. The van der Waals surface area contributed by atoms with Gasteiger partial charge in [-0.1, -0.05) is 27.7 Å². The van der Waals surface area contributed by atoms with Crippen molar-refractivity contribution in [2.45, 2.75) is 34.2 Å². The fourth-order valence-corrected chi connectivity index (χ4v) is 3.03. The van der Waals surface area contributed by atoms with Crippen LogP contribution in [0.3, 0.4) is 0 Å². The van der Waals surface area contributed by atoms with Crippen molar-refractivity contribution in [1.29, 1.82) is 0 Å². The van der Waals surface area contributed by atoms with Crippen molar-refractivity contribution < 1.29 is 9.84 Å². The van der Waals surface area contributed by atoms with Crippen molar-refractivity contribution in [2.24, 2.45) is 16.7 Å². The lowest BCUT2D eigenvalue weighted by molar-refractivity contribution is 0.409. The van der Waals surface area contributed by atoms with Crippen LogP contribution >= 0.6 is 0 Å². The number of phenolic OH excluding ortho intramolecular Hbond substituents is 1. The SMILES string of the molecule is COc1ccc(O)c(CNCC2C(C)(C)C2(C)C)c1. The highest BCUT2D eigenvalue weighted by molar-refractivity contribution is 5.39. The number of nitrogens with one attached hydrogen (secondary N) is 1. The van der Waals surface area contributed by atoms with E-state index >= 15 is 0 Å². The van der Waals surface area contributed by atoms with Gasteiger partial charge in [0.2, 0.25) is 0 Å². The molecule has 2 N–H and O–H groups in total. The van der Waals surface area contributed by atoms with Gasteiger partial charge >= 0.3 is 0 Å². The molecule has 0 amide bonds. The first kappa shape index (κ1) is 14.2. The zero-order chi connectivity index (χ0) is 14.3. The van der Waals surface area contributed by atoms with Gasteiger partial charge in [0.05, 0.1) is 7.11 Å². The molecule has 3 heteroatoms. The zero-order valence-electron chi connectivity index (χ0n) is 12.6. The van der Waals surface area contributed by atoms with Gasteiger partial charge in [0, 0.05) is 12.1 Å². The lowest BCUT2D eigenvalue weighted by Crippen LogP contribution is -2.19. The van der Waals surface area contributed by atoms with Gasteiger partial charge < -0.3 is 15.2 Å². The summed E-state index contributed by atoms with van der Waals surface area (Å²) in [7, 11) is 1.64. The molecule has 1 aliphatic rings. The van der Waals surface area contributed by atoms with Crippen molar-refractivity contribution in [2.75, 3.05) is 13.7 Å². The molecular weight excluding hydrogens is 238 g/mol. The van der Waals surface area contributed by atoms with Crippen molar-refractivity contribution >= 4 is 0 Å². The monoisotopic (exact) mass is 263 g/mol. The molecule has 0 aliphatic heterocycles. The summed E-state index contributed by atoms with van der Waals surface area (Å²) in [6.07, 6.45) is 0. The summed E-state index contributed by atoms with van der Waals surface area (Å²) >= 11 is 0. The Hall–Kier alpha value is -1.22. The lowest BCUT2D eigenvalue weighted by atomic mass is 10.0. The molecule has 0 bridgehead atoms. The van der Waals surface area contributed by atoms with E-state index in [4.69, 9.17) is 4.74 Å². The van der Waals surface area contributed by atoms with Gasteiger partial charge in [0.1, 0.15) is 11.5 Å². The molecule has 0 saturated heterocycles. The summed E-state index contributed by atoms with van der Waals surface area (Å²) < 4.78 is 5.18. The molecule has 0 aromatic heterocycles. The Kier molecular flexibility index (Phi) is 3.52. The molecule has 1 aromatic carbocycles. The molecule has 1 aromatic rings. The third-order valence-corrected chi connectivity index (χ3v) is 5.27. The largest absolute Gasteiger partial charge is 0.508 e. The van der Waals surface area contributed by atoms with E-state index in [1.807, 2.05) is 6.07 Å². The molecule has 0 atom stereocenters. The fourth-order valence-electron chi connectivity index (χ4n) is 3.03. The minimum atomic E-state index is 0.322. The van der Waals surface area contributed by atoms with Gasteiger partial charge in [-0.05, 0) is 41.5 Å². The summed E-state index contributed by atoms with van der Waals surface area (Å²) in [6, 6.07) is 5.33. The second-order valence-corrected chi connectivity index (χ2v) is 6.62. The third-order valence-electron chi connectivity index (χ3n) is 5.27. The predicted octanol–water partition coefficient (Wildman–Crippen LogP) is 3.17. The zero-order valence-corrected chi connectivity index (χ0v) is 12.6. The highest BCUT2D eigenvalue weighted by atomic mass is 16.5. The molecule has 0 heterocycles. The van der Waals surface area contributed by atoms with Crippen molar-refractivity contribution in [3.05, 3.63) is 23.8 Å². The maximum absolute atomic E-state index is 9.82. The van der Waals surface area contributed by atoms with Crippen LogP contribution in [-0.2, 0) is 6.54 Å². The number of phenols is 1. The topological polar surface area (TPSA) is 41.5 Å². The second-order valence-electron chi connectivity index (χ2n) is 6.62. The van der Waals surface area contributed by atoms with Gasteiger partial charge in [-0.15, -0.1) is 0 Å². The van der Waals surface area contributed by atoms with Gasteiger partial charge in [0.15, 0.2) is 0 Å². The molecule has 1 saturated carbocycles. The van der Waals surface area contributed by atoms with E-state index in [1.54, 1.807) is 19.2 Å².